The van der Waals surface area contributed by atoms with Crippen LogP contribution in [0.1, 0.15) is 34.4 Å². The highest BCUT2D eigenvalue weighted by molar-refractivity contribution is 7.10. The number of nitrogens with zero attached hydrogens (tertiary/aromatic N) is 4. The van der Waals surface area contributed by atoms with Crippen LogP contribution < -0.4 is 0 Å². The third-order valence-corrected chi connectivity index (χ3v) is 6.14. The van der Waals surface area contributed by atoms with E-state index in [0.29, 0.717) is 0 Å². The van der Waals surface area contributed by atoms with Gasteiger partial charge in [0.15, 0.2) is 0 Å². The van der Waals surface area contributed by atoms with E-state index < -0.39 is 0 Å². The number of thiophene rings is 1. The zero-order valence-electron chi connectivity index (χ0n) is 14.2. The van der Waals surface area contributed by atoms with Crippen LogP contribution in [-0.4, -0.2) is 44.8 Å². The molecule has 0 aromatic carbocycles. The average molecular weight is 342 g/mol. The molecular weight excluding hydrogens is 320 g/mol. The predicted molar refractivity (Wildman–Crippen MR) is 93.8 cm³/mol. The second-order valence-electron chi connectivity index (χ2n) is 6.66. The van der Waals surface area contributed by atoms with Gasteiger partial charge in [-0.3, -0.25) is 9.69 Å². The largest absolute Gasteiger partial charge is 0.337 e. The lowest BCUT2D eigenvalue weighted by Crippen LogP contribution is -2.49. The van der Waals surface area contributed by atoms with Gasteiger partial charge in [0, 0.05) is 37.3 Å². The number of fused-ring (bicyclic) bond motifs is 2. The first kappa shape index (κ1) is 15.7. The van der Waals surface area contributed by atoms with E-state index >= 15 is 0 Å². The third-order valence-electron chi connectivity index (χ3n) is 5.12. The molecule has 1 atom stereocenters. The maximum absolute atomic E-state index is 13.0. The van der Waals surface area contributed by atoms with E-state index in [1.165, 1.54) is 16.0 Å². The van der Waals surface area contributed by atoms with Crippen molar-refractivity contribution in [2.75, 3.05) is 13.1 Å². The highest BCUT2D eigenvalue weighted by atomic mass is 32.1. The zero-order valence-corrected chi connectivity index (χ0v) is 15.0. The monoisotopic (exact) mass is 342 g/mol. The number of amides is 1. The second kappa shape index (κ2) is 6.26. The summed E-state index contributed by atoms with van der Waals surface area (Å²) in [4.78, 5) is 27.5. The molecule has 4 heterocycles. The van der Waals surface area contributed by atoms with Crippen LogP contribution in [0, 0.1) is 6.92 Å². The number of hydrogen-bond acceptors (Lipinski definition) is 5. The van der Waals surface area contributed by atoms with E-state index in [2.05, 4.69) is 26.3 Å². The van der Waals surface area contributed by atoms with E-state index in [0.717, 1.165) is 50.5 Å². The molecule has 2 aliphatic heterocycles. The van der Waals surface area contributed by atoms with Gasteiger partial charge in [-0.1, -0.05) is 0 Å². The molecule has 4 rings (SSSR count). The molecule has 0 N–H and O–H groups in total. The first-order valence-corrected chi connectivity index (χ1v) is 9.39. The van der Waals surface area contributed by atoms with E-state index in [9.17, 15) is 4.79 Å². The average Bonchev–Trinajstić information content (AvgIpc) is 3.07. The summed E-state index contributed by atoms with van der Waals surface area (Å²) in [6.45, 7) is 7.17. The van der Waals surface area contributed by atoms with Crippen molar-refractivity contribution in [2.45, 2.75) is 45.8 Å². The maximum atomic E-state index is 13.0. The van der Waals surface area contributed by atoms with Crippen molar-refractivity contribution < 1.29 is 4.79 Å². The first-order valence-electron chi connectivity index (χ1n) is 8.51. The first-order chi connectivity index (χ1) is 11.6. The molecule has 0 radical (unpaired) electrons. The number of rotatable bonds is 2. The van der Waals surface area contributed by atoms with Gasteiger partial charge in [-0.15, -0.1) is 11.3 Å². The van der Waals surface area contributed by atoms with E-state index in [-0.39, 0.29) is 11.9 Å². The number of aryl methyl sites for hydroxylation is 1. The molecule has 2 aromatic heterocycles. The number of hydrogen-bond donors (Lipinski definition) is 0. The van der Waals surface area contributed by atoms with Crippen LogP contribution in [-0.2, 0) is 30.7 Å². The molecule has 6 heteroatoms. The van der Waals surface area contributed by atoms with Crippen LogP contribution >= 0.6 is 11.3 Å². The van der Waals surface area contributed by atoms with Crippen molar-refractivity contribution in [3.63, 3.8) is 0 Å². The van der Waals surface area contributed by atoms with Crippen molar-refractivity contribution in [3.05, 3.63) is 45.2 Å². The fraction of sp³-hybridized carbons (Fsp3) is 0.500. The summed E-state index contributed by atoms with van der Waals surface area (Å²) in [5, 5.41) is 2.13. The predicted octanol–water partition coefficient (Wildman–Crippen LogP) is 2.18. The summed E-state index contributed by atoms with van der Waals surface area (Å²) < 4.78 is 0. The van der Waals surface area contributed by atoms with Crippen LogP contribution in [0.25, 0.3) is 0 Å². The molecule has 0 fully saturated rings. The van der Waals surface area contributed by atoms with Crippen molar-refractivity contribution in [1.82, 2.24) is 19.8 Å². The quantitative estimate of drug-likeness (QED) is 0.839. The van der Waals surface area contributed by atoms with Gasteiger partial charge in [0.2, 0.25) is 5.91 Å². The Labute approximate surface area is 146 Å². The zero-order chi connectivity index (χ0) is 16.7. The molecule has 2 aliphatic rings. The van der Waals surface area contributed by atoms with Crippen LogP contribution in [0.3, 0.4) is 0 Å². The highest BCUT2D eigenvalue weighted by Gasteiger charge is 2.31. The fourth-order valence-electron chi connectivity index (χ4n) is 3.61. The van der Waals surface area contributed by atoms with Gasteiger partial charge in [-0.05, 0) is 49.3 Å². The molecule has 0 saturated carbocycles. The van der Waals surface area contributed by atoms with Crippen LogP contribution in [0.2, 0.25) is 0 Å². The van der Waals surface area contributed by atoms with Gasteiger partial charge in [-0.2, -0.15) is 0 Å². The van der Waals surface area contributed by atoms with Crippen molar-refractivity contribution in [3.8, 4) is 0 Å². The van der Waals surface area contributed by atoms with Gasteiger partial charge in [0.1, 0.15) is 5.82 Å². The standard InChI is InChI=1S/C18H22N4OS/c1-12(18(23)22-7-4-17-15(10-22)5-8-24-17)21-6-3-14-9-19-13(2)20-16(14)11-21/h5,8-9,12H,3-4,6-7,10-11H2,1-2H3/t12-/m0/s1. The molecule has 2 aromatic rings. The molecule has 24 heavy (non-hydrogen) atoms. The molecule has 5 nitrogen and oxygen atoms in total. The molecule has 0 aliphatic carbocycles. The van der Waals surface area contributed by atoms with E-state index in [1.807, 2.05) is 24.9 Å². The Morgan fingerprint density at radius 3 is 3.00 bits per heavy atom. The Morgan fingerprint density at radius 2 is 2.12 bits per heavy atom. The maximum Gasteiger partial charge on any atom is 0.239 e. The molecule has 0 saturated heterocycles. The lowest BCUT2D eigenvalue weighted by atomic mass is 10.0. The summed E-state index contributed by atoms with van der Waals surface area (Å²) in [5.74, 6) is 1.04. The minimum absolute atomic E-state index is 0.103. The molecular formula is C18H22N4OS. The summed E-state index contributed by atoms with van der Waals surface area (Å²) in [7, 11) is 0. The molecule has 126 valence electrons. The number of aromatic nitrogens is 2. The van der Waals surface area contributed by atoms with Gasteiger partial charge < -0.3 is 4.90 Å². The van der Waals surface area contributed by atoms with E-state index in [1.54, 1.807) is 11.3 Å². The Kier molecular flexibility index (Phi) is 4.10. The minimum Gasteiger partial charge on any atom is -0.337 e. The van der Waals surface area contributed by atoms with Crippen molar-refractivity contribution >= 4 is 17.2 Å². The van der Waals surface area contributed by atoms with Crippen LogP contribution in [0.5, 0.6) is 0 Å². The van der Waals surface area contributed by atoms with Gasteiger partial charge in [0.25, 0.3) is 0 Å². The van der Waals surface area contributed by atoms with Gasteiger partial charge >= 0.3 is 0 Å². The molecule has 0 unspecified atom stereocenters. The van der Waals surface area contributed by atoms with Crippen molar-refractivity contribution in [2.24, 2.45) is 0 Å². The smallest absolute Gasteiger partial charge is 0.239 e. The Bertz CT molecular complexity index is 772. The highest BCUT2D eigenvalue weighted by Crippen LogP contribution is 2.25. The van der Waals surface area contributed by atoms with E-state index in [4.69, 9.17) is 0 Å². The third kappa shape index (κ3) is 2.84. The SMILES string of the molecule is Cc1ncc2c(n1)CN([C@@H](C)C(=O)N1CCc3sccc3C1)CC2. The second-order valence-corrected chi connectivity index (χ2v) is 7.67. The van der Waals surface area contributed by atoms with Crippen LogP contribution in [0.15, 0.2) is 17.6 Å². The molecule has 0 bridgehead atoms. The summed E-state index contributed by atoms with van der Waals surface area (Å²) in [6.07, 6.45) is 3.84. The van der Waals surface area contributed by atoms with Crippen LogP contribution in [0.4, 0.5) is 0 Å². The van der Waals surface area contributed by atoms with Gasteiger partial charge in [-0.25, -0.2) is 9.97 Å². The number of carbonyl (C=O) groups is 1. The molecule has 1 amide bonds. The molecule has 0 spiro atoms. The lowest BCUT2D eigenvalue weighted by molar-refractivity contribution is -0.137. The normalized spacial score (nSPS) is 18.8. The Hall–Kier alpha value is -1.79. The lowest BCUT2D eigenvalue weighted by Gasteiger charge is -2.36. The van der Waals surface area contributed by atoms with Crippen molar-refractivity contribution in [1.29, 1.82) is 0 Å². The fourth-order valence-corrected chi connectivity index (χ4v) is 4.50. The summed E-state index contributed by atoms with van der Waals surface area (Å²) in [6, 6.07) is 2.05. The topological polar surface area (TPSA) is 49.3 Å². The summed E-state index contributed by atoms with van der Waals surface area (Å²) >= 11 is 1.81. The minimum atomic E-state index is -0.103. The number of carbonyl (C=O) groups excluding carboxylic acids is 1. The van der Waals surface area contributed by atoms with Gasteiger partial charge in [0.05, 0.1) is 11.7 Å². The summed E-state index contributed by atoms with van der Waals surface area (Å²) in [5.41, 5.74) is 3.61. The Morgan fingerprint density at radius 1 is 1.25 bits per heavy atom. The Balaban J connectivity index is 1.46.